The molecule has 2 unspecified atom stereocenters. The molecular formula is C47H94NO8P. The number of carbonyl (C=O) groups is 2. The van der Waals surface area contributed by atoms with Crippen molar-refractivity contribution in [3.05, 3.63) is 0 Å². The molecular weight excluding hydrogens is 737 g/mol. The van der Waals surface area contributed by atoms with Crippen LogP contribution in [0.3, 0.4) is 0 Å². The molecule has 0 aromatic rings. The molecule has 9 nitrogen and oxygen atoms in total. The molecule has 1 N–H and O–H groups in total. The van der Waals surface area contributed by atoms with E-state index in [4.69, 9.17) is 18.5 Å². The minimum absolute atomic E-state index is 0.0127. The van der Waals surface area contributed by atoms with E-state index in [0.717, 1.165) is 38.5 Å². The molecule has 0 radical (unpaired) electrons. The highest BCUT2D eigenvalue weighted by atomic mass is 31.2. The Labute approximate surface area is 352 Å². The molecule has 0 saturated carbocycles. The predicted octanol–water partition coefficient (Wildman–Crippen LogP) is 14.2. The summed E-state index contributed by atoms with van der Waals surface area (Å²) in [7, 11) is -0.696. The van der Waals surface area contributed by atoms with Gasteiger partial charge in [-0.05, 0) is 26.9 Å². The van der Waals surface area contributed by atoms with Gasteiger partial charge in [-0.2, -0.15) is 0 Å². The molecule has 0 aromatic heterocycles. The van der Waals surface area contributed by atoms with Gasteiger partial charge in [-0.25, -0.2) is 4.57 Å². The molecule has 2 atom stereocenters. The first-order valence-electron chi connectivity index (χ1n) is 24.3. The van der Waals surface area contributed by atoms with Crippen molar-refractivity contribution >= 4 is 19.8 Å². The number of hydrogen-bond donors (Lipinski definition) is 1. The maximum absolute atomic E-state index is 12.7. The summed E-state index contributed by atoms with van der Waals surface area (Å²) < 4.78 is 33.6. The largest absolute Gasteiger partial charge is 0.472 e. The van der Waals surface area contributed by atoms with Crippen LogP contribution in [0.2, 0.25) is 0 Å². The topological polar surface area (TPSA) is 112 Å². The summed E-state index contributed by atoms with van der Waals surface area (Å²) in [5.41, 5.74) is 0. The quantitative estimate of drug-likeness (QED) is 0.0364. The van der Waals surface area contributed by atoms with Crippen LogP contribution >= 0.6 is 7.82 Å². The van der Waals surface area contributed by atoms with Crippen LogP contribution in [0.25, 0.3) is 0 Å². The number of ether oxygens (including phenoxy) is 2. The Morgan fingerprint density at radius 2 is 0.789 bits per heavy atom. The van der Waals surface area contributed by atoms with E-state index in [0.29, 0.717) is 13.0 Å². The lowest BCUT2D eigenvalue weighted by atomic mass is 10.0. The molecule has 0 heterocycles. The summed E-state index contributed by atoms with van der Waals surface area (Å²) in [6, 6.07) is 0. The standard InChI is InChI=1S/C47H94NO8P/c1-5-7-9-11-13-15-17-19-20-21-22-23-24-25-26-28-30-32-34-36-38-40-47(50)56-45(44-55-57(51,52)54-42-41-48(3)4)43-53-46(49)39-37-35-33-31-29-27-18-16-14-12-10-8-6-2/h45H,5-44H2,1-4H3,(H,51,52). The van der Waals surface area contributed by atoms with E-state index in [-0.39, 0.29) is 25.6 Å². The Kier molecular flexibility index (Phi) is 42.4. The number of hydrogen-bond acceptors (Lipinski definition) is 8. The van der Waals surface area contributed by atoms with E-state index in [1.54, 1.807) is 0 Å². The van der Waals surface area contributed by atoms with Gasteiger partial charge in [0, 0.05) is 19.4 Å². The summed E-state index contributed by atoms with van der Waals surface area (Å²) >= 11 is 0. The van der Waals surface area contributed by atoms with E-state index < -0.39 is 26.5 Å². The highest BCUT2D eigenvalue weighted by Crippen LogP contribution is 2.43. The zero-order valence-electron chi connectivity index (χ0n) is 38.1. The van der Waals surface area contributed by atoms with Gasteiger partial charge in [-0.1, -0.05) is 219 Å². The molecule has 340 valence electrons. The summed E-state index contributed by atoms with van der Waals surface area (Å²) in [5.74, 6) is -0.784. The first-order valence-corrected chi connectivity index (χ1v) is 25.8. The minimum atomic E-state index is -4.36. The van der Waals surface area contributed by atoms with E-state index in [1.807, 2.05) is 19.0 Å². The molecule has 0 aromatic carbocycles. The zero-order chi connectivity index (χ0) is 41.9. The van der Waals surface area contributed by atoms with E-state index in [9.17, 15) is 19.0 Å². The SMILES string of the molecule is CCCCCCCCCCCCCCCCCCCCCCCC(=O)OC(COC(=O)CCCCCCCCCCCCCCC)COP(=O)(O)OCCN(C)C. The van der Waals surface area contributed by atoms with Crippen molar-refractivity contribution in [2.75, 3.05) is 40.5 Å². The number of unbranched alkanes of at least 4 members (excludes halogenated alkanes) is 32. The second kappa shape index (κ2) is 43.1. The normalized spacial score (nSPS) is 13.2. The summed E-state index contributed by atoms with van der Waals surface area (Å²) in [6.07, 6.45) is 42.9. The van der Waals surface area contributed by atoms with Crippen molar-refractivity contribution in [1.29, 1.82) is 0 Å². The molecule has 0 fully saturated rings. The third kappa shape index (κ3) is 44.4. The molecule has 0 aliphatic heterocycles. The minimum Gasteiger partial charge on any atom is -0.462 e. The molecule has 0 aliphatic rings. The summed E-state index contributed by atoms with van der Waals surface area (Å²) in [4.78, 5) is 37.1. The average molecular weight is 832 g/mol. The second-order valence-corrected chi connectivity index (χ2v) is 18.5. The number of phosphoric ester groups is 1. The van der Waals surface area contributed by atoms with Crippen molar-refractivity contribution < 1.29 is 37.6 Å². The highest BCUT2D eigenvalue weighted by Gasteiger charge is 2.26. The molecule has 0 rings (SSSR count). The number of phosphoric acid groups is 1. The number of likely N-dealkylation sites (N-methyl/N-ethyl adjacent to an activating group) is 1. The van der Waals surface area contributed by atoms with Crippen molar-refractivity contribution in [2.45, 2.75) is 251 Å². The number of rotatable bonds is 46. The third-order valence-electron chi connectivity index (χ3n) is 10.9. The van der Waals surface area contributed by atoms with E-state index in [1.165, 1.54) is 180 Å². The number of nitrogens with zero attached hydrogens (tertiary/aromatic N) is 1. The zero-order valence-corrected chi connectivity index (χ0v) is 39.0. The fourth-order valence-corrected chi connectivity index (χ4v) is 7.90. The Bertz CT molecular complexity index is 920. The lowest BCUT2D eigenvalue weighted by Crippen LogP contribution is -2.29. The molecule has 0 saturated heterocycles. The Morgan fingerprint density at radius 3 is 1.12 bits per heavy atom. The van der Waals surface area contributed by atoms with Gasteiger partial charge in [0.05, 0.1) is 13.2 Å². The maximum atomic E-state index is 12.7. The molecule has 0 aliphatic carbocycles. The summed E-state index contributed by atoms with van der Waals surface area (Å²) in [5, 5.41) is 0. The van der Waals surface area contributed by atoms with Crippen molar-refractivity contribution in [3.8, 4) is 0 Å². The Balaban J connectivity index is 4.13. The van der Waals surface area contributed by atoms with Gasteiger partial charge in [0.15, 0.2) is 6.10 Å². The lowest BCUT2D eigenvalue weighted by molar-refractivity contribution is -0.161. The van der Waals surface area contributed by atoms with Crippen LogP contribution in [0.4, 0.5) is 0 Å². The van der Waals surface area contributed by atoms with Gasteiger partial charge in [-0.15, -0.1) is 0 Å². The molecule has 57 heavy (non-hydrogen) atoms. The first-order chi connectivity index (χ1) is 27.7. The molecule has 10 heteroatoms. The van der Waals surface area contributed by atoms with E-state index >= 15 is 0 Å². The van der Waals surface area contributed by atoms with Crippen LogP contribution in [0.5, 0.6) is 0 Å². The monoisotopic (exact) mass is 832 g/mol. The fourth-order valence-electron chi connectivity index (χ4n) is 7.16. The average Bonchev–Trinajstić information content (AvgIpc) is 3.18. The van der Waals surface area contributed by atoms with Gasteiger partial charge in [0.2, 0.25) is 0 Å². The van der Waals surface area contributed by atoms with Crippen LogP contribution in [0.15, 0.2) is 0 Å². The summed E-state index contributed by atoms with van der Waals surface area (Å²) in [6.45, 7) is 4.38. The highest BCUT2D eigenvalue weighted by molar-refractivity contribution is 7.47. The van der Waals surface area contributed by atoms with Crippen LogP contribution < -0.4 is 0 Å². The fraction of sp³-hybridized carbons (Fsp3) is 0.957. The van der Waals surface area contributed by atoms with Crippen molar-refractivity contribution in [2.24, 2.45) is 0 Å². The predicted molar refractivity (Wildman–Crippen MR) is 239 cm³/mol. The van der Waals surface area contributed by atoms with E-state index in [2.05, 4.69) is 13.8 Å². The first kappa shape index (κ1) is 56.0. The number of esters is 2. The van der Waals surface area contributed by atoms with Gasteiger partial charge < -0.3 is 19.3 Å². The second-order valence-electron chi connectivity index (χ2n) is 17.0. The number of carbonyl (C=O) groups excluding carboxylic acids is 2. The van der Waals surface area contributed by atoms with Crippen molar-refractivity contribution in [3.63, 3.8) is 0 Å². The molecule has 0 bridgehead atoms. The molecule has 0 spiro atoms. The smallest absolute Gasteiger partial charge is 0.462 e. The van der Waals surface area contributed by atoms with Gasteiger partial charge >= 0.3 is 19.8 Å². The van der Waals surface area contributed by atoms with Gasteiger partial charge in [0.1, 0.15) is 6.61 Å². The Hall–Kier alpha value is -0.990. The van der Waals surface area contributed by atoms with Crippen LogP contribution in [0.1, 0.15) is 245 Å². The molecule has 0 amide bonds. The lowest BCUT2D eigenvalue weighted by Gasteiger charge is -2.20. The van der Waals surface area contributed by atoms with Gasteiger partial charge in [-0.3, -0.25) is 18.6 Å². The van der Waals surface area contributed by atoms with Crippen LogP contribution in [0, 0.1) is 0 Å². The maximum Gasteiger partial charge on any atom is 0.472 e. The van der Waals surface area contributed by atoms with Crippen molar-refractivity contribution in [1.82, 2.24) is 4.90 Å². The Morgan fingerprint density at radius 1 is 0.474 bits per heavy atom. The third-order valence-corrected chi connectivity index (χ3v) is 11.9. The van der Waals surface area contributed by atoms with Crippen LogP contribution in [-0.2, 0) is 32.7 Å². The van der Waals surface area contributed by atoms with Crippen LogP contribution in [-0.4, -0.2) is 68.3 Å². The van der Waals surface area contributed by atoms with Gasteiger partial charge in [0.25, 0.3) is 0 Å².